The number of fused-ring (bicyclic) bond motifs is 8. The first-order valence-corrected chi connectivity index (χ1v) is 21.0. The molecule has 3 heterocycles. The molecule has 12 rings (SSSR count). The van der Waals surface area contributed by atoms with Crippen LogP contribution in [0.4, 0.5) is 0 Å². The van der Waals surface area contributed by atoms with Crippen LogP contribution >= 0.6 is 22.7 Å². The lowest BCUT2D eigenvalue weighted by Gasteiger charge is -2.12. The third-order valence-corrected chi connectivity index (χ3v) is 13.1. The van der Waals surface area contributed by atoms with Gasteiger partial charge in [0.25, 0.3) is 0 Å². The summed E-state index contributed by atoms with van der Waals surface area (Å²) in [6, 6.07) is 45.4. The molecule has 0 fully saturated rings. The van der Waals surface area contributed by atoms with Crippen molar-refractivity contribution in [1.29, 1.82) is 0 Å². The van der Waals surface area contributed by atoms with Crippen LogP contribution in [0.15, 0.2) is 200 Å². The summed E-state index contributed by atoms with van der Waals surface area (Å²) in [5.41, 5.74) is 7.29. The lowest BCUT2D eigenvalue weighted by molar-refractivity contribution is 1.07. The second kappa shape index (κ2) is 14.2. The first kappa shape index (κ1) is 26.6. The molecule has 12 aromatic rings. The standard InChI is InChI=1S/C55H33N3S2/c1-3-13-34(14-4-1)38-17-11-18-39(31-38)54-56-53(57-55(58-54)40-29-30-45-50(32-40)59-49-24-12-22-41(51(45)49)35-15-5-2-6-16-35)37-27-25-36(26-28-37)46-33-47-43-20-9-10-23-48(43)60-52(47)44-21-8-7-19-42(44)46/h1-33H/i7D,8D,9D,10D,19D,20D,21D,23D,33D. The van der Waals surface area contributed by atoms with E-state index in [1.54, 1.807) is 23.5 Å². The molecule has 0 aliphatic heterocycles. The molecule has 0 unspecified atom stereocenters. The zero-order valence-corrected chi connectivity index (χ0v) is 33.1. The summed E-state index contributed by atoms with van der Waals surface area (Å²) >= 11 is 2.73. The smallest absolute Gasteiger partial charge is 0.164 e. The van der Waals surface area contributed by atoms with E-state index in [1.807, 2.05) is 48.5 Å². The lowest BCUT2D eigenvalue weighted by Crippen LogP contribution is -2.00. The highest BCUT2D eigenvalue weighted by atomic mass is 32.1. The Morgan fingerprint density at radius 1 is 0.350 bits per heavy atom. The zero-order valence-electron chi connectivity index (χ0n) is 40.5. The van der Waals surface area contributed by atoms with Crippen molar-refractivity contribution in [2.75, 3.05) is 0 Å². The van der Waals surface area contributed by atoms with Gasteiger partial charge in [-0.05, 0) is 69.1 Å². The average Bonchev–Trinajstić information content (AvgIpc) is 3.99. The minimum absolute atomic E-state index is 0.109. The second-order valence-electron chi connectivity index (χ2n) is 14.4. The maximum atomic E-state index is 9.70. The van der Waals surface area contributed by atoms with Crippen LogP contribution < -0.4 is 0 Å². The first-order chi connectivity index (χ1) is 33.5. The number of benzene rings is 9. The van der Waals surface area contributed by atoms with Gasteiger partial charge in [0.15, 0.2) is 17.5 Å². The monoisotopic (exact) mass is 808 g/mol. The van der Waals surface area contributed by atoms with E-state index in [-0.39, 0.29) is 62.0 Å². The van der Waals surface area contributed by atoms with E-state index in [1.165, 1.54) is 15.6 Å². The Balaban J connectivity index is 1.05. The van der Waals surface area contributed by atoms with Crippen molar-refractivity contribution in [3.05, 3.63) is 200 Å². The van der Waals surface area contributed by atoms with E-state index in [2.05, 4.69) is 84.9 Å². The number of thiophene rings is 2. The van der Waals surface area contributed by atoms with E-state index in [9.17, 15) is 1.37 Å². The van der Waals surface area contributed by atoms with E-state index >= 15 is 0 Å². The van der Waals surface area contributed by atoms with Gasteiger partial charge >= 0.3 is 0 Å². The first-order valence-electron chi connectivity index (χ1n) is 23.9. The van der Waals surface area contributed by atoms with Gasteiger partial charge in [0.1, 0.15) is 0 Å². The Labute approximate surface area is 367 Å². The van der Waals surface area contributed by atoms with E-state index in [4.69, 9.17) is 25.9 Å². The molecule has 0 aliphatic carbocycles. The Hall–Kier alpha value is -7.31. The predicted octanol–water partition coefficient (Wildman–Crippen LogP) is 15.8. The van der Waals surface area contributed by atoms with Crippen molar-refractivity contribution in [3.8, 4) is 67.5 Å². The molecular formula is C55H33N3S2. The van der Waals surface area contributed by atoms with Gasteiger partial charge in [-0.25, -0.2) is 15.0 Å². The van der Waals surface area contributed by atoms with Gasteiger partial charge in [-0.3, -0.25) is 0 Å². The molecule has 0 saturated heterocycles. The number of nitrogens with zero attached hydrogens (tertiary/aromatic N) is 3. The number of hydrogen-bond acceptors (Lipinski definition) is 5. The summed E-state index contributed by atoms with van der Waals surface area (Å²) in [7, 11) is 0. The molecule has 0 spiro atoms. The number of aromatic nitrogens is 3. The van der Waals surface area contributed by atoms with Crippen LogP contribution in [-0.4, -0.2) is 15.0 Å². The van der Waals surface area contributed by atoms with Gasteiger partial charge < -0.3 is 0 Å². The minimum atomic E-state index is -0.457. The molecule has 5 heteroatoms. The fourth-order valence-electron chi connectivity index (χ4n) is 8.03. The van der Waals surface area contributed by atoms with Crippen molar-refractivity contribution in [3.63, 3.8) is 0 Å². The summed E-state index contributed by atoms with van der Waals surface area (Å²) in [6.07, 6.45) is 0. The molecule has 9 aromatic carbocycles. The molecular weight excluding hydrogens is 767 g/mol. The van der Waals surface area contributed by atoms with Gasteiger partial charge in [0, 0.05) is 62.4 Å². The molecule has 0 aliphatic rings. The van der Waals surface area contributed by atoms with E-state index < -0.39 is 24.2 Å². The summed E-state index contributed by atoms with van der Waals surface area (Å²) < 4.78 is 82.4. The Kier molecular flexibility index (Phi) is 6.31. The number of rotatable bonds is 6. The van der Waals surface area contributed by atoms with E-state index in [0.717, 1.165) is 49.2 Å². The van der Waals surface area contributed by atoms with Crippen LogP contribution in [0.2, 0.25) is 0 Å². The molecule has 0 amide bonds. The SMILES string of the molecule is [2H]c1c([2H])c([2H])c2c(sc3c4c([2H])c([2H])c([2H])c([2H])c4c(-c4ccc(-c5nc(-c6cccc(-c7ccccc7)c6)nc(-c6ccc7c(c6)sc6cccc(-c8ccccc8)c67)n5)cc4)c([2H])c32)c1[2H]. The van der Waals surface area contributed by atoms with Crippen LogP contribution in [0.3, 0.4) is 0 Å². The van der Waals surface area contributed by atoms with Crippen LogP contribution in [0.5, 0.6) is 0 Å². The van der Waals surface area contributed by atoms with Gasteiger partial charge in [-0.2, -0.15) is 0 Å². The summed E-state index contributed by atoms with van der Waals surface area (Å²) in [5.74, 6) is 1.33. The molecule has 3 nitrogen and oxygen atoms in total. The quantitative estimate of drug-likeness (QED) is 0.168. The Morgan fingerprint density at radius 3 is 1.72 bits per heavy atom. The van der Waals surface area contributed by atoms with Crippen LogP contribution in [0.1, 0.15) is 12.3 Å². The maximum absolute atomic E-state index is 9.70. The highest BCUT2D eigenvalue weighted by molar-refractivity contribution is 7.27. The van der Waals surface area contributed by atoms with Crippen molar-refractivity contribution < 1.29 is 12.3 Å². The highest BCUT2D eigenvalue weighted by Crippen LogP contribution is 2.44. The average molecular weight is 809 g/mol. The van der Waals surface area contributed by atoms with Gasteiger partial charge in [0.2, 0.25) is 0 Å². The molecule has 60 heavy (non-hydrogen) atoms. The van der Waals surface area contributed by atoms with E-state index in [0.29, 0.717) is 33.3 Å². The molecule has 0 bridgehead atoms. The second-order valence-corrected chi connectivity index (χ2v) is 16.6. The summed E-state index contributed by atoms with van der Waals surface area (Å²) in [5, 5.41) is 2.96. The van der Waals surface area contributed by atoms with Crippen molar-refractivity contribution >= 4 is 73.8 Å². The predicted molar refractivity (Wildman–Crippen MR) is 256 cm³/mol. The van der Waals surface area contributed by atoms with Gasteiger partial charge in [-0.1, -0.05) is 170 Å². The lowest BCUT2D eigenvalue weighted by atomic mass is 9.95. The highest BCUT2D eigenvalue weighted by Gasteiger charge is 2.18. The molecule has 3 aromatic heterocycles. The molecule has 0 saturated carbocycles. The summed E-state index contributed by atoms with van der Waals surface area (Å²) in [4.78, 5) is 15.3. The normalized spacial score (nSPS) is 13.8. The molecule has 280 valence electrons. The maximum Gasteiger partial charge on any atom is 0.164 e. The Bertz CT molecular complexity index is 4120. The third-order valence-electron chi connectivity index (χ3n) is 10.9. The van der Waals surface area contributed by atoms with Gasteiger partial charge in [-0.15, -0.1) is 22.7 Å². The van der Waals surface area contributed by atoms with Gasteiger partial charge in [0.05, 0.1) is 12.3 Å². The fraction of sp³-hybridized carbons (Fsp3) is 0. The topological polar surface area (TPSA) is 38.7 Å². The molecule has 0 radical (unpaired) electrons. The van der Waals surface area contributed by atoms with Crippen LogP contribution in [-0.2, 0) is 0 Å². The third kappa shape index (κ3) is 5.90. The fourth-order valence-corrected chi connectivity index (χ4v) is 10.3. The minimum Gasteiger partial charge on any atom is -0.208 e. The van der Waals surface area contributed by atoms with Crippen molar-refractivity contribution in [2.45, 2.75) is 0 Å². The molecule has 0 N–H and O–H groups in total. The zero-order chi connectivity index (χ0) is 47.4. The Morgan fingerprint density at radius 2 is 0.933 bits per heavy atom. The summed E-state index contributed by atoms with van der Waals surface area (Å²) in [6.45, 7) is 0. The largest absolute Gasteiger partial charge is 0.208 e. The van der Waals surface area contributed by atoms with Crippen molar-refractivity contribution in [2.24, 2.45) is 0 Å². The van der Waals surface area contributed by atoms with Crippen LogP contribution in [0.25, 0.3) is 119 Å². The number of hydrogen-bond donors (Lipinski definition) is 0. The van der Waals surface area contributed by atoms with Crippen molar-refractivity contribution in [1.82, 2.24) is 15.0 Å². The molecule has 0 atom stereocenters. The van der Waals surface area contributed by atoms with Crippen LogP contribution in [0, 0.1) is 0 Å².